The van der Waals surface area contributed by atoms with Gasteiger partial charge in [0.15, 0.2) is 5.76 Å². The molecule has 0 aliphatic carbocycles. The molecule has 0 saturated carbocycles. The minimum Gasteiger partial charge on any atom is -0.459 e. The SMILES string of the molecule is O=C(Nc1ccc2c(c1)N(C(=O)c1ccco1)CCC2)c1ccc(Cl)c(Cl)c1. The van der Waals surface area contributed by atoms with Gasteiger partial charge in [0, 0.05) is 23.5 Å². The van der Waals surface area contributed by atoms with Crippen LogP contribution >= 0.6 is 23.2 Å². The van der Waals surface area contributed by atoms with E-state index in [2.05, 4.69) is 5.32 Å². The number of aryl methyl sites for hydroxylation is 1. The van der Waals surface area contributed by atoms with E-state index in [0.717, 1.165) is 24.1 Å². The van der Waals surface area contributed by atoms with Gasteiger partial charge >= 0.3 is 0 Å². The molecule has 4 rings (SSSR count). The quantitative estimate of drug-likeness (QED) is 0.621. The highest BCUT2D eigenvalue weighted by Crippen LogP contribution is 2.32. The molecule has 3 aromatic rings. The third-order valence-corrected chi connectivity index (χ3v) is 5.36. The molecule has 0 unspecified atom stereocenters. The molecule has 142 valence electrons. The zero-order valence-corrected chi connectivity index (χ0v) is 16.3. The van der Waals surface area contributed by atoms with Crippen LogP contribution in [-0.4, -0.2) is 18.4 Å². The lowest BCUT2D eigenvalue weighted by atomic mass is 10.0. The van der Waals surface area contributed by atoms with Crippen LogP contribution in [-0.2, 0) is 6.42 Å². The number of furan rings is 1. The monoisotopic (exact) mass is 414 g/mol. The number of carbonyl (C=O) groups is 2. The van der Waals surface area contributed by atoms with Crippen LogP contribution in [0, 0.1) is 0 Å². The Balaban J connectivity index is 1.60. The molecule has 2 amide bonds. The molecule has 2 heterocycles. The fourth-order valence-electron chi connectivity index (χ4n) is 3.24. The second-order valence-electron chi connectivity index (χ2n) is 6.46. The largest absolute Gasteiger partial charge is 0.459 e. The minimum absolute atomic E-state index is 0.195. The van der Waals surface area contributed by atoms with E-state index in [1.165, 1.54) is 12.3 Å². The van der Waals surface area contributed by atoms with Crippen molar-refractivity contribution in [2.45, 2.75) is 12.8 Å². The molecule has 5 nitrogen and oxygen atoms in total. The Morgan fingerprint density at radius 1 is 1.04 bits per heavy atom. The summed E-state index contributed by atoms with van der Waals surface area (Å²) in [5.41, 5.74) is 2.82. The Hall–Kier alpha value is -2.76. The van der Waals surface area contributed by atoms with Gasteiger partial charge in [-0.2, -0.15) is 0 Å². The molecule has 0 bridgehead atoms. The van der Waals surface area contributed by atoms with Crippen LogP contribution in [0.2, 0.25) is 10.0 Å². The van der Waals surface area contributed by atoms with Crippen LogP contribution in [0.3, 0.4) is 0 Å². The van der Waals surface area contributed by atoms with Gasteiger partial charge in [0.05, 0.1) is 16.3 Å². The molecule has 0 saturated heterocycles. The van der Waals surface area contributed by atoms with Crippen molar-refractivity contribution >= 4 is 46.4 Å². The summed E-state index contributed by atoms with van der Waals surface area (Å²) in [5, 5.41) is 3.55. The fourth-order valence-corrected chi connectivity index (χ4v) is 3.54. The molecule has 0 fully saturated rings. The van der Waals surface area contributed by atoms with Crippen molar-refractivity contribution < 1.29 is 14.0 Å². The first-order chi connectivity index (χ1) is 13.5. The number of hydrogen-bond donors (Lipinski definition) is 1. The van der Waals surface area contributed by atoms with Gasteiger partial charge in [0.25, 0.3) is 11.8 Å². The lowest BCUT2D eigenvalue weighted by Crippen LogP contribution is -2.35. The van der Waals surface area contributed by atoms with Crippen LogP contribution in [0.4, 0.5) is 11.4 Å². The summed E-state index contributed by atoms with van der Waals surface area (Å²) in [6.45, 7) is 0.594. The van der Waals surface area contributed by atoms with Gasteiger partial charge in [-0.3, -0.25) is 9.59 Å². The molecule has 28 heavy (non-hydrogen) atoms. The molecular weight excluding hydrogens is 399 g/mol. The molecular formula is C21H16Cl2N2O3. The van der Waals surface area contributed by atoms with Crippen molar-refractivity contribution in [2.75, 3.05) is 16.8 Å². The molecule has 0 radical (unpaired) electrons. The maximum absolute atomic E-state index is 12.8. The van der Waals surface area contributed by atoms with E-state index in [4.69, 9.17) is 27.6 Å². The lowest BCUT2D eigenvalue weighted by molar-refractivity contribution is 0.0958. The molecule has 7 heteroatoms. The summed E-state index contributed by atoms with van der Waals surface area (Å²) in [7, 11) is 0. The first kappa shape index (κ1) is 18.6. The van der Waals surface area contributed by atoms with E-state index in [0.29, 0.717) is 27.8 Å². The van der Waals surface area contributed by atoms with Crippen molar-refractivity contribution in [3.05, 3.63) is 81.7 Å². The summed E-state index contributed by atoms with van der Waals surface area (Å²) in [6, 6.07) is 13.6. The number of carbonyl (C=O) groups excluding carboxylic acids is 2. The smallest absolute Gasteiger partial charge is 0.293 e. The average Bonchev–Trinajstić information content (AvgIpc) is 3.24. The van der Waals surface area contributed by atoms with Gasteiger partial charge in [-0.1, -0.05) is 29.3 Å². The van der Waals surface area contributed by atoms with Gasteiger partial charge in [-0.25, -0.2) is 0 Å². The summed E-state index contributed by atoms with van der Waals surface area (Å²) in [6.07, 6.45) is 3.22. The van der Waals surface area contributed by atoms with Crippen LogP contribution in [0.25, 0.3) is 0 Å². The predicted octanol–water partition coefficient (Wildman–Crippen LogP) is 5.43. The molecule has 1 aliphatic rings. The summed E-state index contributed by atoms with van der Waals surface area (Å²) < 4.78 is 5.25. The van der Waals surface area contributed by atoms with E-state index in [9.17, 15) is 9.59 Å². The number of halogens is 2. The van der Waals surface area contributed by atoms with Crippen LogP contribution in [0.1, 0.15) is 32.9 Å². The third kappa shape index (κ3) is 3.63. The van der Waals surface area contributed by atoms with Crippen LogP contribution in [0.5, 0.6) is 0 Å². The van der Waals surface area contributed by atoms with Crippen molar-refractivity contribution in [3.8, 4) is 0 Å². The van der Waals surface area contributed by atoms with Crippen molar-refractivity contribution in [2.24, 2.45) is 0 Å². The number of rotatable bonds is 3. The molecule has 1 aromatic heterocycles. The maximum Gasteiger partial charge on any atom is 0.293 e. The summed E-state index contributed by atoms with van der Waals surface area (Å²) in [4.78, 5) is 27.0. The minimum atomic E-state index is -0.307. The van der Waals surface area contributed by atoms with Crippen LogP contribution < -0.4 is 10.2 Å². The van der Waals surface area contributed by atoms with E-state index in [1.54, 1.807) is 29.2 Å². The van der Waals surface area contributed by atoms with Crippen LogP contribution in [0.15, 0.2) is 59.2 Å². The van der Waals surface area contributed by atoms with E-state index in [1.807, 2.05) is 18.2 Å². The molecule has 0 spiro atoms. The number of amides is 2. The third-order valence-electron chi connectivity index (χ3n) is 4.62. The number of hydrogen-bond acceptors (Lipinski definition) is 3. The number of fused-ring (bicyclic) bond motifs is 1. The highest BCUT2D eigenvalue weighted by molar-refractivity contribution is 6.42. The first-order valence-corrected chi connectivity index (χ1v) is 9.53. The van der Waals surface area contributed by atoms with Gasteiger partial charge in [-0.05, 0) is 60.9 Å². The Kier molecular flexibility index (Phi) is 5.11. The Morgan fingerprint density at radius 3 is 2.64 bits per heavy atom. The average molecular weight is 415 g/mol. The van der Waals surface area contributed by atoms with E-state index >= 15 is 0 Å². The first-order valence-electron chi connectivity index (χ1n) is 8.77. The highest BCUT2D eigenvalue weighted by atomic mass is 35.5. The van der Waals surface area contributed by atoms with Gasteiger partial charge in [-0.15, -0.1) is 0 Å². The fraction of sp³-hybridized carbons (Fsp3) is 0.143. The lowest BCUT2D eigenvalue weighted by Gasteiger charge is -2.29. The van der Waals surface area contributed by atoms with E-state index in [-0.39, 0.29) is 17.6 Å². The number of nitrogens with one attached hydrogen (secondary N) is 1. The van der Waals surface area contributed by atoms with Gasteiger partial charge in [0.1, 0.15) is 0 Å². The maximum atomic E-state index is 12.8. The second kappa shape index (κ2) is 7.70. The number of benzene rings is 2. The highest BCUT2D eigenvalue weighted by Gasteiger charge is 2.25. The molecule has 1 aliphatic heterocycles. The number of anilines is 2. The van der Waals surface area contributed by atoms with Crippen molar-refractivity contribution in [1.82, 2.24) is 0 Å². The summed E-state index contributed by atoms with van der Waals surface area (Å²) >= 11 is 11.9. The molecule has 0 atom stereocenters. The van der Waals surface area contributed by atoms with Crippen molar-refractivity contribution in [1.29, 1.82) is 0 Å². The Bertz CT molecular complexity index is 1050. The zero-order valence-electron chi connectivity index (χ0n) is 14.7. The molecule has 1 N–H and O–H groups in total. The van der Waals surface area contributed by atoms with Gasteiger partial charge in [0.2, 0.25) is 0 Å². The molecule has 2 aromatic carbocycles. The predicted molar refractivity (Wildman–Crippen MR) is 110 cm³/mol. The van der Waals surface area contributed by atoms with E-state index < -0.39 is 0 Å². The van der Waals surface area contributed by atoms with Crippen molar-refractivity contribution in [3.63, 3.8) is 0 Å². The Labute approximate surface area is 171 Å². The zero-order chi connectivity index (χ0) is 19.7. The number of nitrogens with zero attached hydrogens (tertiary/aromatic N) is 1. The Morgan fingerprint density at radius 2 is 1.89 bits per heavy atom. The van der Waals surface area contributed by atoms with Gasteiger partial charge < -0.3 is 14.6 Å². The normalized spacial score (nSPS) is 13.1. The standard InChI is InChI=1S/C21H16Cl2N2O3/c22-16-8-6-14(11-17(16)23)20(26)24-15-7-5-13-3-1-9-25(18(13)12-15)21(27)19-4-2-10-28-19/h2,4-8,10-12H,1,3,9H2,(H,24,26). The summed E-state index contributed by atoms with van der Waals surface area (Å²) in [5.74, 6) is -0.213. The second-order valence-corrected chi connectivity index (χ2v) is 7.28. The topological polar surface area (TPSA) is 62.6 Å².